The minimum absolute atomic E-state index is 0.0561. The maximum atomic E-state index is 12.2. The van der Waals surface area contributed by atoms with Crippen molar-refractivity contribution in [3.63, 3.8) is 0 Å². The summed E-state index contributed by atoms with van der Waals surface area (Å²) in [6.07, 6.45) is 2.13. The third-order valence-electron chi connectivity index (χ3n) is 4.66. The van der Waals surface area contributed by atoms with Crippen LogP contribution in [-0.2, 0) is 16.0 Å². The van der Waals surface area contributed by atoms with Crippen molar-refractivity contribution in [3.05, 3.63) is 46.1 Å². The Morgan fingerprint density at radius 3 is 2.67 bits per heavy atom. The van der Waals surface area contributed by atoms with Crippen molar-refractivity contribution >= 4 is 23.1 Å². The Kier molecular flexibility index (Phi) is 5.04. The first-order valence-corrected chi connectivity index (χ1v) is 8.61. The number of rotatable bonds is 6. The first-order chi connectivity index (χ1) is 11.5. The summed E-state index contributed by atoms with van der Waals surface area (Å²) in [6.45, 7) is 2.77. The highest BCUT2D eigenvalue weighted by molar-refractivity contribution is 6.59. The molecule has 2 aliphatic rings. The zero-order chi connectivity index (χ0) is 17.3. The van der Waals surface area contributed by atoms with E-state index in [1.807, 2.05) is 31.2 Å². The number of allylic oxidation sites excluding steroid dienone is 2. The van der Waals surface area contributed by atoms with Crippen molar-refractivity contribution in [2.75, 3.05) is 6.54 Å². The van der Waals surface area contributed by atoms with Crippen LogP contribution < -0.4 is 11.1 Å². The van der Waals surface area contributed by atoms with Crippen LogP contribution in [0.1, 0.15) is 37.0 Å². The Labute approximate surface area is 146 Å². The van der Waals surface area contributed by atoms with E-state index >= 15 is 0 Å². The molecule has 0 spiro atoms. The number of nitrogens with two attached hydrogens (primary N) is 1. The van der Waals surface area contributed by atoms with Gasteiger partial charge < -0.3 is 15.8 Å². The molecule has 0 amide bonds. The molecule has 24 heavy (non-hydrogen) atoms. The fourth-order valence-corrected chi connectivity index (χ4v) is 3.46. The number of halogens is 1. The van der Waals surface area contributed by atoms with E-state index < -0.39 is 0 Å². The zero-order valence-corrected chi connectivity index (χ0v) is 14.4. The zero-order valence-electron chi connectivity index (χ0n) is 13.6. The molecular formula is C18H22ClN3O2. The van der Waals surface area contributed by atoms with Gasteiger partial charge in [0, 0.05) is 24.7 Å². The lowest BCUT2D eigenvalue weighted by Gasteiger charge is -2.23. The Morgan fingerprint density at radius 1 is 1.42 bits per heavy atom. The van der Waals surface area contributed by atoms with Gasteiger partial charge in [-0.15, -0.1) is 0 Å². The van der Waals surface area contributed by atoms with Gasteiger partial charge in [-0.1, -0.05) is 42.8 Å². The van der Waals surface area contributed by atoms with Gasteiger partial charge in [-0.25, -0.2) is 0 Å². The molecule has 2 bridgehead atoms. The number of ether oxygens (including phenoxy) is 1. The highest BCUT2D eigenvalue weighted by atomic mass is 35.5. The molecule has 3 rings (SSSR count). The second kappa shape index (κ2) is 7.05. The molecule has 6 heteroatoms. The number of Topliss-reactive ketones (excluding diaryl/α,β-unsaturated/α-hetero) is 1. The number of benzene rings is 1. The first-order valence-electron chi connectivity index (χ1n) is 8.23. The lowest BCUT2D eigenvalue weighted by Crippen LogP contribution is -2.33. The SMILES string of the molecule is CCC(N)=C(Cl)C(=N)C(=O)Cc1ccc([C@@H]2O[C@H]3CN[C@@H]2C3)cc1. The molecule has 1 aromatic carbocycles. The van der Waals surface area contributed by atoms with E-state index in [4.69, 9.17) is 27.5 Å². The van der Waals surface area contributed by atoms with E-state index in [9.17, 15) is 4.79 Å². The van der Waals surface area contributed by atoms with Gasteiger partial charge in [-0.05, 0) is 24.0 Å². The topological polar surface area (TPSA) is 88.2 Å². The molecule has 2 heterocycles. The summed E-state index contributed by atoms with van der Waals surface area (Å²) in [7, 11) is 0. The third kappa shape index (κ3) is 3.38. The Bertz CT molecular complexity index is 684. The molecule has 1 aromatic rings. The lowest BCUT2D eigenvalue weighted by molar-refractivity contribution is -0.112. The molecule has 2 aliphatic heterocycles. The fraction of sp³-hybridized carbons (Fsp3) is 0.444. The predicted octanol–water partition coefficient (Wildman–Crippen LogP) is 2.44. The van der Waals surface area contributed by atoms with Gasteiger partial charge in [-0.3, -0.25) is 10.2 Å². The summed E-state index contributed by atoms with van der Waals surface area (Å²) in [4.78, 5) is 12.2. The number of carbonyl (C=O) groups excluding carboxylic acids is 1. The lowest BCUT2D eigenvalue weighted by atomic mass is 9.99. The number of nitrogens with one attached hydrogen (secondary N) is 2. The molecule has 5 nitrogen and oxygen atoms in total. The number of fused-ring (bicyclic) bond motifs is 2. The average Bonchev–Trinajstić information content (AvgIpc) is 3.23. The van der Waals surface area contributed by atoms with E-state index in [0.717, 1.165) is 24.1 Å². The highest BCUT2D eigenvalue weighted by Crippen LogP contribution is 2.36. The van der Waals surface area contributed by atoms with Gasteiger partial charge in [0.15, 0.2) is 5.78 Å². The van der Waals surface area contributed by atoms with Crippen LogP contribution in [0.2, 0.25) is 0 Å². The maximum absolute atomic E-state index is 12.2. The van der Waals surface area contributed by atoms with Crippen molar-refractivity contribution < 1.29 is 9.53 Å². The van der Waals surface area contributed by atoms with Gasteiger partial charge in [0.25, 0.3) is 0 Å². The Hall–Kier alpha value is -1.69. The predicted molar refractivity (Wildman–Crippen MR) is 94.3 cm³/mol. The van der Waals surface area contributed by atoms with Crippen LogP contribution in [0.25, 0.3) is 0 Å². The molecular weight excluding hydrogens is 326 g/mol. The molecule has 0 aromatic heterocycles. The van der Waals surface area contributed by atoms with Crippen LogP contribution in [0, 0.1) is 5.41 Å². The molecule has 0 radical (unpaired) electrons. The van der Waals surface area contributed by atoms with E-state index in [2.05, 4.69) is 5.32 Å². The van der Waals surface area contributed by atoms with Crippen LogP contribution in [0.3, 0.4) is 0 Å². The normalized spacial score (nSPS) is 26.3. The summed E-state index contributed by atoms with van der Waals surface area (Å²) < 4.78 is 5.97. The Morgan fingerprint density at radius 2 is 2.12 bits per heavy atom. The maximum Gasteiger partial charge on any atom is 0.186 e. The molecule has 2 fully saturated rings. The highest BCUT2D eigenvalue weighted by Gasteiger charge is 2.41. The summed E-state index contributed by atoms with van der Waals surface area (Å²) in [5.41, 5.74) is 7.82. The van der Waals surface area contributed by atoms with E-state index in [-0.39, 0.29) is 29.1 Å². The van der Waals surface area contributed by atoms with Crippen molar-refractivity contribution in [2.45, 2.75) is 44.4 Å². The minimum Gasteiger partial charge on any atom is -0.401 e. The van der Waals surface area contributed by atoms with Crippen LogP contribution in [0.4, 0.5) is 0 Å². The standard InChI is InChI=1S/C18H22ClN3O2/c1-2-13(20)16(19)17(21)15(23)7-10-3-5-11(6-4-10)18-14-8-12(24-18)9-22-14/h3-6,12,14,18,21-22H,2,7-9,20H2,1H3/t12-,14-,18+/m1/s1. The van der Waals surface area contributed by atoms with Gasteiger partial charge in [0.05, 0.1) is 17.2 Å². The number of hydrogen-bond acceptors (Lipinski definition) is 5. The van der Waals surface area contributed by atoms with Crippen molar-refractivity contribution in [3.8, 4) is 0 Å². The molecule has 0 aliphatic carbocycles. The number of ketones is 1. The second-order valence-corrected chi connectivity index (χ2v) is 6.72. The van der Waals surface area contributed by atoms with Crippen LogP contribution in [0.5, 0.6) is 0 Å². The number of hydrogen-bond donors (Lipinski definition) is 3. The Balaban J connectivity index is 1.64. The number of morpholine rings is 1. The largest absolute Gasteiger partial charge is 0.401 e. The average molecular weight is 348 g/mol. The molecule has 3 atom stereocenters. The molecule has 4 N–H and O–H groups in total. The quantitative estimate of drug-likeness (QED) is 0.690. The third-order valence-corrected chi connectivity index (χ3v) is 5.09. The van der Waals surface area contributed by atoms with Gasteiger partial charge in [0.2, 0.25) is 0 Å². The van der Waals surface area contributed by atoms with Crippen LogP contribution >= 0.6 is 11.6 Å². The van der Waals surface area contributed by atoms with Gasteiger partial charge >= 0.3 is 0 Å². The first kappa shape index (κ1) is 17.1. The smallest absolute Gasteiger partial charge is 0.186 e. The van der Waals surface area contributed by atoms with Gasteiger partial charge in [-0.2, -0.15) is 0 Å². The summed E-state index contributed by atoms with van der Waals surface area (Å²) in [5, 5.41) is 11.4. The summed E-state index contributed by atoms with van der Waals surface area (Å²) >= 11 is 5.98. The van der Waals surface area contributed by atoms with Crippen molar-refractivity contribution in [1.29, 1.82) is 5.41 Å². The minimum atomic E-state index is -0.331. The summed E-state index contributed by atoms with van der Waals surface area (Å²) in [6, 6.07) is 8.21. The summed E-state index contributed by atoms with van der Waals surface area (Å²) in [5.74, 6) is -0.331. The number of carbonyl (C=O) groups is 1. The van der Waals surface area contributed by atoms with Crippen LogP contribution in [-0.4, -0.2) is 30.2 Å². The van der Waals surface area contributed by atoms with Crippen LogP contribution in [0.15, 0.2) is 35.0 Å². The molecule has 128 valence electrons. The second-order valence-electron chi connectivity index (χ2n) is 6.34. The van der Waals surface area contributed by atoms with E-state index in [1.54, 1.807) is 0 Å². The van der Waals surface area contributed by atoms with E-state index in [0.29, 0.717) is 24.3 Å². The fourth-order valence-electron chi connectivity index (χ4n) is 3.22. The monoisotopic (exact) mass is 347 g/mol. The van der Waals surface area contributed by atoms with Gasteiger partial charge in [0.1, 0.15) is 5.71 Å². The molecule has 0 unspecified atom stereocenters. The van der Waals surface area contributed by atoms with Crippen molar-refractivity contribution in [2.24, 2.45) is 5.73 Å². The van der Waals surface area contributed by atoms with Crippen molar-refractivity contribution in [1.82, 2.24) is 5.32 Å². The molecule has 2 saturated heterocycles. The molecule has 0 saturated carbocycles. The van der Waals surface area contributed by atoms with E-state index in [1.165, 1.54) is 0 Å².